The molecule has 0 unspecified atom stereocenters. The molecule has 1 aromatic heterocycles. The Kier molecular flexibility index (Phi) is 3.51. The first-order valence-corrected chi connectivity index (χ1v) is 5.47. The molecule has 9 nitrogen and oxygen atoms in total. The molecule has 9 heteroatoms. The Morgan fingerprint density at radius 1 is 1.25 bits per heavy atom. The second-order valence-electron chi connectivity index (χ2n) is 3.87. The number of nitrogen functional groups attached to an aromatic ring is 1. The van der Waals surface area contributed by atoms with Crippen LogP contribution in [0.4, 0.5) is 5.82 Å². The molecule has 0 radical (unpaired) electrons. The topological polar surface area (TPSA) is 156 Å². The van der Waals surface area contributed by atoms with Gasteiger partial charge in [0.1, 0.15) is 11.5 Å². The molecule has 1 heterocycles. The van der Waals surface area contributed by atoms with Crippen molar-refractivity contribution in [3.05, 3.63) is 29.5 Å². The Morgan fingerprint density at radius 2 is 2.00 bits per heavy atom. The summed E-state index contributed by atoms with van der Waals surface area (Å²) in [5.74, 6) is -0.237. The fraction of sp³-hybridized carbons (Fsp3) is 0.0909. The SMILES string of the molecule is CC(=NN=C(N)c1nonc1N)c1ccc(O)cc1O. The Balaban J connectivity index is 2.29. The van der Waals surface area contributed by atoms with Crippen LogP contribution >= 0.6 is 0 Å². The molecule has 0 saturated heterocycles. The molecule has 0 atom stereocenters. The highest BCUT2D eigenvalue weighted by Crippen LogP contribution is 2.23. The van der Waals surface area contributed by atoms with E-state index in [9.17, 15) is 10.2 Å². The van der Waals surface area contributed by atoms with Gasteiger partial charge >= 0.3 is 0 Å². The summed E-state index contributed by atoms with van der Waals surface area (Å²) in [4.78, 5) is 0. The van der Waals surface area contributed by atoms with Gasteiger partial charge in [0.05, 0.1) is 5.71 Å². The van der Waals surface area contributed by atoms with E-state index in [1.165, 1.54) is 18.2 Å². The molecule has 0 aliphatic heterocycles. The number of aromatic hydroxyl groups is 2. The molecule has 2 aromatic rings. The minimum Gasteiger partial charge on any atom is -0.508 e. The highest BCUT2D eigenvalue weighted by molar-refractivity contribution is 6.03. The summed E-state index contributed by atoms with van der Waals surface area (Å²) in [6, 6.07) is 4.11. The van der Waals surface area contributed by atoms with Crippen molar-refractivity contribution in [2.45, 2.75) is 6.92 Å². The van der Waals surface area contributed by atoms with E-state index < -0.39 is 0 Å². The van der Waals surface area contributed by atoms with Crippen LogP contribution < -0.4 is 11.5 Å². The molecule has 0 saturated carbocycles. The van der Waals surface area contributed by atoms with Gasteiger partial charge in [-0.1, -0.05) is 0 Å². The lowest BCUT2D eigenvalue weighted by atomic mass is 10.1. The quantitative estimate of drug-likeness (QED) is 0.354. The van der Waals surface area contributed by atoms with Crippen LogP contribution in [0.25, 0.3) is 0 Å². The predicted octanol–water partition coefficient (Wildman–Crippen LogP) is 0.193. The van der Waals surface area contributed by atoms with Gasteiger partial charge in [0.2, 0.25) is 0 Å². The fourth-order valence-electron chi connectivity index (χ4n) is 1.43. The van der Waals surface area contributed by atoms with Crippen molar-refractivity contribution in [2.75, 3.05) is 5.73 Å². The molecule has 6 N–H and O–H groups in total. The number of phenolic OH excluding ortho intramolecular Hbond substituents is 2. The maximum atomic E-state index is 9.68. The van der Waals surface area contributed by atoms with Crippen molar-refractivity contribution in [1.82, 2.24) is 10.3 Å². The molecule has 0 spiro atoms. The highest BCUT2D eigenvalue weighted by atomic mass is 16.6. The normalized spacial score (nSPS) is 12.7. The van der Waals surface area contributed by atoms with E-state index in [0.29, 0.717) is 11.3 Å². The number of hydrogen-bond acceptors (Lipinski definition) is 8. The summed E-state index contributed by atoms with van der Waals surface area (Å²) in [6.07, 6.45) is 0. The maximum absolute atomic E-state index is 9.68. The van der Waals surface area contributed by atoms with Gasteiger partial charge in [-0.25, -0.2) is 4.63 Å². The van der Waals surface area contributed by atoms with E-state index in [2.05, 4.69) is 25.1 Å². The summed E-state index contributed by atoms with van der Waals surface area (Å²) < 4.78 is 4.39. The fourth-order valence-corrected chi connectivity index (χ4v) is 1.43. The molecule has 0 aliphatic rings. The van der Waals surface area contributed by atoms with Crippen LogP contribution in [-0.4, -0.2) is 32.1 Å². The molecular weight excluding hydrogens is 264 g/mol. The standard InChI is InChI=1S/C11H12N6O3/c1-5(7-3-2-6(18)4-8(7)19)14-15-10(12)9-11(13)17-20-16-9/h2-4,18-19H,1H3,(H2,12,15)(H2,13,17). The summed E-state index contributed by atoms with van der Waals surface area (Å²) in [5, 5.41) is 33.3. The van der Waals surface area contributed by atoms with Crippen molar-refractivity contribution in [2.24, 2.45) is 15.9 Å². The smallest absolute Gasteiger partial charge is 0.199 e. The van der Waals surface area contributed by atoms with Gasteiger partial charge in [-0.3, -0.25) is 0 Å². The van der Waals surface area contributed by atoms with Crippen LogP contribution in [0, 0.1) is 0 Å². The van der Waals surface area contributed by atoms with Crippen molar-refractivity contribution < 1.29 is 14.8 Å². The van der Waals surface area contributed by atoms with Crippen molar-refractivity contribution in [1.29, 1.82) is 0 Å². The first-order valence-electron chi connectivity index (χ1n) is 5.47. The third-order valence-corrected chi connectivity index (χ3v) is 2.44. The van der Waals surface area contributed by atoms with Crippen LogP contribution in [-0.2, 0) is 0 Å². The van der Waals surface area contributed by atoms with Gasteiger partial charge in [0.25, 0.3) is 0 Å². The van der Waals surface area contributed by atoms with E-state index in [1.54, 1.807) is 6.92 Å². The molecule has 20 heavy (non-hydrogen) atoms. The van der Waals surface area contributed by atoms with Crippen molar-refractivity contribution in [3.63, 3.8) is 0 Å². The number of nitrogens with zero attached hydrogens (tertiary/aromatic N) is 4. The van der Waals surface area contributed by atoms with Crippen LogP contribution in [0.3, 0.4) is 0 Å². The first-order chi connectivity index (χ1) is 9.49. The first kappa shape index (κ1) is 13.3. The summed E-state index contributed by atoms with van der Waals surface area (Å²) >= 11 is 0. The third kappa shape index (κ3) is 2.66. The number of amidine groups is 1. The van der Waals surface area contributed by atoms with Crippen LogP contribution in [0.2, 0.25) is 0 Å². The van der Waals surface area contributed by atoms with Crippen molar-refractivity contribution in [3.8, 4) is 11.5 Å². The Labute approximate surface area is 113 Å². The lowest BCUT2D eigenvalue weighted by molar-refractivity contribution is 0.308. The molecule has 104 valence electrons. The maximum Gasteiger partial charge on any atom is 0.199 e. The molecule has 0 aliphatic carbocycles. The zero-order valence-electron chi connectivity index (χ0n) is 10.5. The van der Waals surface area contributed by atoms with E-state index in [4.69, 9.17) is 11.5 Å². The second-order valence-corrected chi connectivity index (χ2v) is 3.87. The lowest BCUT2D eigenvalue weighted by Gasteiger charge is -2.03. The summed E-state index contributed by atoms with van der Waals surface area (Å²) in [6.45, 7) is 1.62. The van der Waals surface area contributed by atoms with Gasteiger partial charge in [-0.05, 0) is 29.4 Å². The largest absolute Gasteiger partial charge is 0.508 e. The number of anilines is 1. The minimum absolute atomic E-state index is 0.00610. The van der Waals surface area contributed by atoms with Gasteiger partial charge < -0.3 is 21.7 Å². The number of rotatable bonds is 3. The zero-order valence-corrected chi connectivity index (χ0v) is 10.5. The Bertz CT molecular complexity index is 691. The third-order valence-electron chi connectivity index (χ3n) is 2.44. The number of aromatic nitrogens is 2. The lowest BCUT2D eigenvalue weighted by Crippen LogP contribution is -2.15. The van der Waals surface area contributed by atoms with Crippen LogP contribution in [0.15, 0.2) is 33.0 Å². The average Bonchev–Trinajstić information content (AvgIpc) is 2.82. The van der Waals surface area contributed by atoms with E-state index in [1.807, 2.05) is 0 Å². The van der Waals surface area contributed by atoms with E-state index in [-0.39, 0.29) is 28.8 Å². The summed E-state index contributed by atoms with van der Waals surface area (Å²) in [7, 11) is 0. The molecule has 0 amide bonds. The molecule has 0 bridgehead atoms. The monoisotopic (exact) mass is 276 g/mol. The van der Waals surface area contributed by atoms with E-state index in [0.717, 1.165) is 0 Å². The highest BCUT2D eigenvalue weighted by Gasteiger charge is 2.11. The van der Waals surface area contributed by atoms with Crippen LogP contribution in [0.5, 0.6) is 11.5 Å². The van der Waals surface area contributed by atoms with Gasteiger partial charge in [-0.15, -0.1) is 5.10 Å². The second kappa shape index (κ2) is 5.26. The zero-order chi connectivity index (χ0) is 14.7. The average molecular weight is 276 g/mol. The number of hydrogen-bond donors (Lipinski definition) is 4. The van der Waals surface area contributed by atoms with E-state index >= 15 is 0 Å². The predicted molar refractivity (Wildman–Crippen MR) is 71.4 cm³/mol. The molecule has 1 aromatic carbocycles. The summed E-state index contributed by atoms with van der Waals surface area (Å²) in [5.41, 5.74) is 12.0. The number of nitrogens with two attached hydrogens (primary N) is 2. The van der Waals surface area contributed by atoms with Crippen molar-refractivity contribution >= 4 is 17.4 Å². The minimum atomic E-state index is -0.123. The van der Waals surface area contributed by atoms with Gasteiger partial charge in [0.15, 0.2) is 17.3 Å². The van der Waals surface area contributed by atoms with Crippen LogP contribution in [0.1, 0.15) is 18.2 Å². The molecule has 0 fully saturated rings. The Morgan fingerprint density at radius 3 is 2.60 bits per heavy atom. The van der Waals surface area contributed by atoms with Gasteiger partial charge in [-0.2, -0.15) is 5.10 Å². The number of benzene rings is 1. The Hall–Kier alpha value is -3.10. The molecule has 2 rings (SSSR count). The molecular formula is C11H12N6O3. The number of phenols is 2. The van der Waals surface area contributed by atoms with Gasteiger partial charge in [0, 0.05) is 11.6 Å².